The second-order valence-electron chi connectivity index (χ2n) is 4.91. The van der Waals surface area contributed by atoms with E-state index in [0.29, 0.717) is 12.2 Å². The molecule has 1 aromatic carbocycles. The Labute approximate surface area is 117 Å². The van der Waals surface area contributed by atoms with E-state index >= 15 is 0 Å². The summed E-state index contributed by atoms with van der Waals surface area (Å²) in [6, 6.07) is 10.9. The van der Waals surface area contributed by atoms with Gasteiger partial charge in [-0.3, -0.25) is 0 Å². The van der Waals surface area contributed by atoms with Crippen molar-refractivity contribution in [3.63, 3.8) is 0 Å². The summed E-state index contributed by atoms with van der Waals surface area (Å²) in [5, 5.41) is 3.15. The Balaban J connectivity index is 1.90. The fourth-order valence-electron chi connectivity index (χ4n) is 2.33. The molecule has 0 aliphatic carbocycles. The first kappa shape index (κ1) is 12.7. The number of nitrogens with zero attached hydrogens (tertiary/aromatic N) is 2. The summed E-state index contributed by atoms with van der Waals surface area (Å²) in [5.41, 5.74) is 4.46. The molecule has 0 bridgehead atoms. The summed E-state index contributed by atoms with van der Waals surface area (Å²) in [7, 11) is 0. The lowest BCUT2D eigenvalue weighted by atomic mass is 10.2. The Morgan fingerprint density at radius 1 is 1.20 bits per heavy atom. The normalized spacial score (nSPS) is 10.9. The summed E-state index contributed by atoms with van der Waals surface area (Å²) in [4.78, 5) is 4.49. The Bertz CT molecular complexity index is 762. The maximum atomic E-state index is 13.7. The van der Waals surface area contributed by atoms with E-state index < -0.39 is 0 Å². The average molecular weight is 269 g/mol. The van der Waals surface area contributed by atoms with Crippen LogP contribution in [0, 0.1) is 19.7 Å². The highest BCUT2D eigenvalue weighted by molar-refractivity contribution is 5.49. The third-order valence-electron chi connectivity index (χ3n) is 3.40. The Morgan fingerprint density at radius 3 is 2.90 bits per heavy atom. The lowest BCUT2D eigenvalue weighted by Crippen LogP contribution is -2.05. The molecule has 2 heterocycles. The van der Waals surface area contributed by atoms with Crippen LogP contribution < -0.4 is 5.32 Å². The lowest BCUT2D eigenvalue weighted by Gasteiger charge is -2.09. The molecule has 0 saturated carbocycles. The number of hydrogen-bond donors (Lipinski definition) is 1. The maximum absolute atomic E-state index is 13.7. The van der Waals surface area contributed by atoms with E-state index in [4.69, 9.17) is 0 Å². The van der Waals surface area contributed by atoms with Crippen LogP contribution >= 0.6 is 0 Å². The zero-order valence-electron chi connectivity index (χ0n) is 11.5. The van der Waals surface area contributed by atoms with Gasteiger partial charge in [-0.2, -0.15) is 0 Å². The molecule has 4 heteroatoms. The minimum absolute atomic E-state index is 0.234. The van der Waals surface area contributed by atoms with Crippen LogP contribution in [0.15, 0.2) is 42.6 Å². The average Bonchev–Trinajstić information content (AvgIpc) is 2.75. The van der Waals surface area contributed by atoms with E-state index in [2.05, 4.69) is 10.3 Å². The predicted octanol–water partition coefficient (Wildman–Crippen LogP) is 3.70. The standard InChI is InChI=1S/C16H16FN3/c1-11-6-7-13(17)14(9-11)18-10-15-12(2)19-16-5-3-4-8-20(15)16/h3-9,18H,10H2,1-2H3. The molecule has 20 heavy (non-hydrogen) atoms. The molecule has 3 aromatic rings. The van der Waals surface area contributed by atoms with Crippen LogP contribution in [0.5, 0.6) is 0 Å². The van der Waals surface area contributed by atoms with Crippen molar-refractivity contribution >= 4 is 11.3 Å². The number of halogens is 1. The van der Waals surface area contributed by atoms with Gasteiger partial charge in [0.2, 0.25) is 0 Å². The number of imidazole rings is 1. The Morgan fingerprint density at radius 2 is 2.05 bits per heavy atom. The van der Waals surface area contributed by atoms with Gasteiger partial charge in [0, 0.05) is 6.20 Å². The number of nitrogens with one attached hydrogen (secondary N) is 1. The zero-order chi connectivity index (χ0) is 14.1. The summed E-state index contributed by atoms with van der Waals surface area (Å²) < 4.78 is 15.8. The van der Waals surface area contributed by atoms with Gasteiger partial charge in [-0.15, -0.1) is 0 Å². The van der Waals surface area contributed by atoms with Crippen molar-refractivity contribution in [2.45, 2.75) is 20.4 Å². The number of hydrogen-bond acceptors (Lipinski definition) is 2. The van der Waals surface area contributed by atoms with Crippen molar-refractivity contribution in [1.82, 2.24) is 9.38 Å². The molecule has 0 fully saturated rings. The van der Waals surface area contributed by atoms with Gasteiger partial charge in [-0.25, -0.2) is 9.37 Å². The van der Waals surface area contributed by atoms with Crippen LogP contribution in [0.1, 0.15) is 17.0 Å². The van der Waals surface area contributed by atoms with E-state index in [0.717, 1.165) is 22.6 Å². The first-order valence-electron chi connectivity index (χ1n) is 6.58. The first-order valence-corrected chi connectivity index (χ1v) is 6.58. The molecule has 3 nitrogen and oxygen atoms in total. The molecule has 3 rings (SSSR count). The maximum Gasteiger partial charge on any atom is 0.146 e. The minimum Gasteiger partial charge on any atom is -0.377 e. The van der Waals surface area contributed by atoms with Gasteiger partial charge < -0.3 is 9.72 Å². The zero-order valence-corrected chi connectivity index (χ0v) is 11.5. The molecule has 0 spiro atoms. The van der Waals surface area contributed by atoms with Crippen molar-refractivity contribution in [3.8, 4) is 0 Å². The topological polar surface area (TPSA) is 29.3 Å². The van der Waals surface area contributed by atoms with E-state index in [-0.39, 0.29) is 5.82 Å². The van der Waals surface area contributed by atoms with Gasteiger partial charge in [0.1, 0.15) is 11.5 Å². The molecule has 0 atom stereocenters. The molecular formula is C16H16FN3. The highest BCUT2D eigenvalue weighted by Crippen LogP contribution is 2.18. The van der Waals surface area contributed by atoms with Crippen LogP contribution in [0.3, 0.4) is 0 Å². The first-order chi connectivity index (χ1) is 9.65. The van der Waals surface area contributed by atoms with Crippen molar-refractivity contribution in [2.75, 3.05) is 5.32 Å². The smallest absolute Gasteiger partial charge is 0.146 e. The van der Waals surface area contributed by atoms with Crippen LogP contribution in [-0.4, -0.2) is 9.38 Å². The molecule has 0 unspecified atom stereocenters. The van der Waals surface area contributed by atoms with Crippen molar-refractivity contribution in [1.29, 1.82) is 0 Å². The van der Waals surface area contributed by atoms with Crippen molar-refractivity contribution in [2.24, 2.45) is 0 Å². The van der Waals surface area contributed by atoms with Gasteiger partial charge in [0.05, 0.1) is 23.6 Å². The molecule has 0 radical (unpaired) electrons. The Kier molecular flexibility index (Phi) is 3.14. The number of benzene rings is 1. The molecule has 0 saturated heterocycles. The molecule has 0 aliphatic rings. The fourth-order valence-corrected chi connectivity index (χ4v) is 2.33. The molecule has 1 N–H and O–H groups in total. The van der Waals surface area contributed by atoms with Crippen LogP contribution in [0.2, 0.25) is 0 Å². The van der Waals surface area contributed by atoms with Crippen LogP contribution in [0.25, 0.3) is 5.65 Å². The third kappa shape index (κ3) is 2.25. The fraction of sp³-hybridized carbons (Fsp3) is 0.188. The van der Waals surface area contributed by atoms with Gasteiger partial charge in [0.15, 0.2) is 0 Å². The predicted molar refractivity (Wildman–Crippen MR) is 78.4 cm³/mol. The summed E-state index contributed by atoms with van der Waals surface area (Å²) in [5.74, 6) is -0.234. The highest BCUT2D eigenvalue weighted by Gasteiger charge is 2.09. The van der Waals surface area contributed by atoms with Crippen LogP contribution in [-0.2, 0) is 6.54 Å². The van der Waals surface area contributed by atoms with E-state index in [1.54, 1.807) is 6.07 Å². The summed E-state index contributed by atoms with van der Waals surface area (Å²) >= 11 is 0. The number of pyridine rings is 1. The number of anilines is 1. The molecule has 0 aliphatic heterocycles. The second kappa shape index (κ2) is 4.96. The molecule has 102 valence electrons. The SMILES string of the molecule is Cc1ccc(F)c(NCc2c(C)nc3ccccn23)c1. The van der Waals surface area contributed by atoms with Gasteiger partial charge >= 0.3 is 0 Å². The molecule has 0 amide bonds. The van der Waals surface area contributed by atoms with E-state index in [1.807, 2.05) is 48.7 Å². The van der Waals surface area contributed by atoms with Crippen molar-refractivity contribution in [3.05, 3.63) is 65.4 Å². The van der Waals surface area contributed by atoms with E-state index in [1.165, 1.54) is 6.07 Å². The monoisotopic (exact) mass is 269 g/mol. The van der Waals surface area contributed by atoms with Crippen molar-refractivity contribution < 1.29 is 4.39 Å². The lowest BCUT2D eigenvalue weighted by molar-refractivity contribution is 0.629. The quantitative estimate of drug-likeness (QED) is 0.785. The van der Waals surface area contributed by atoms with E-state index in [9.17, 15) is 4.39 Å². The minimum atomic E-state index is -0.234. The summed E-state index contributed by atoms with van der Waals surface area (Å²) in [6.45, 7) is 4.46. The van der Waals surface area contributed by atoms with Gasteiger partial charge in [0.25, 0.3) is 0 Å². The highest BCUT2D eigenvalue weighted by atomic mass is 19.1. The Hall–Kier alpha value is -2.36. The molecule has 2 aromatic heterocycles. The van der Waals surface area contributed by atoms with Crippen LogP contribution in [0.4, 0.5) is 10.1 Å². The number of rotatable bonds is 3. The number of aryl methyl sites for hydroxylation is 2. The second-order valence-corrected chi connectivity index (χ2v) is 4.91. The van der Waals surface area contributed by atoms with Gasteiger partial charge in [-0.05, 0) is 43.7 Å². The largest absolute Gasteiger partial charge is 0.377 e. The third-order valence-corrected chi connectivity index (χ3v) is 3.40. The molecular weight excluding hydrogens is 253 g/mol. The number of fused-ring (bicyclic) bond motifs is 1. The summed E-state index contributed by atoms with van der Waals surface area (Å²) in [6.07, 6.45) is 1.97. The van der Waals surface area contributed by atoms with Gasteiger partial charge in [-0.1, -0.05) is 12.1 Å². The number of aromatic nitrogens is 2.